The van der Waals surface area contributed by atoms with E-state index in [2.05, 4.69) is 5.32 Å². The lowest BCUT2D eigenvalue weighted by atomic mass is 10.1. The maximum Gasteiger partial charge on any atom is 0.418 e. The number of carbonyl (C=O) groups excluding carboxylic acids is 1. The number of para-hydroxylation sites is 1. The maximum atomic E-state index is 13.6. The number of benzene rings is 3. The van der Waals surface area contributed by atoms with E-state index in [1.165, 1.54) is 34.9 Å². The zero-order valence-corrected chi connectivity index (χ0v) is 19.0. The van der Waals surface area contributed by atoms with Crippen molar-refractivity contribution in [1.29, 1.82) is 0 Å². The number of nitrogens with zero attached hydrogens (tertiary/aromatic N) is 1. The minimum atomic E-state index is -4.53. The van der Waals surface area contributed by atoms with Crippen molar-refractivity contribution in [3.8, 4) is 11.4 Å². The maximum absolute atomic E-state index is 13.6. The SMILES string of the molecule is Cc1cc(C(=O)Nc2cccc(OCc3ccc(F)cc3)c2)c(C)n1-c1ccccc1C(F)(F)F. The molecule has 35 heavy (non-hydrogen) atoms. The number of carbonyl (C=O) groups is 1. The summed E-state index contributed by atoms with van der Waals surface area (Å²) in [6.07, 6.45) is -4.53. The first kappa shape index (κ1) is 24.1. The van der Waals surface area contributed by atoms with Crippen molar-refractivity contribution >= 4 is 11.6 Å². The molecule has 0 aliphatic rings. The molecule has 1 aromatic heterocycles. The van der Waals surface area contributed by atoms with Gasteiger partial charge in [-0.05, 0) is 61.9 Å². The van der Waals surface area contributed by atoms with Crippen molar-refractivity contribution in [2.45, 2.75) is 26.6 Å². The van der Waals surface area contributed by atoms with Crippen LogP contribution in [0.3, 0.4) is 0 Å². The molecule has 180 valence electrons. The number of anilines is 1. The summed E-state index contributed by atoms with van der Waals surface area (Å²) < 4.78 is 60.9. The van der Waals surface area contributed by atoms with Gasteiger partial charge in [0.2, 0.25) is 0 Å². The summed E-state index contributed by atoms with van der Waals surface area (Å²) in [7, 11) is 0. The molecule has 1 amide bonds. The second kappa shape index (κ2) is 9.66. The number of hydrogen-bond donors (Lipinski definition) is 1. The van der Waals surface area contributed by atoms with Gasteiger partial charge in [0.25, 0.3) is 5.91 Å². The monoisotopic (exact) mass is 482 g/mol. The van der Waals surface area contributed by atoms with Gasteiger partial charge in [-0.25, -0.2) is 4.39 Å². The van der Waals surface area contributed by atoms with E-state index in [4.69, 9.17) is 4.74 Å². The Morgan fingerprint density at radius 3 is 2.37 bits per heavy atom. The van der Waals surface area contributed by atoms with Crippen LogP contribution in [-0.2, 0) is 12.8 Å². The van der Waals surface area contributed by atoms with Gasteiger partial charge in [0.05, 0.1) is 16.8 Å². The Balaban J connectivity index is 1.54. The van der Waals surface area contributed by atoms with Gasteiger partial charge < -0.3 is 14.6 Å². The highest BCUT2D eigenvalue weighted by atomic mass is 19.4. The number of ether oxygens (including phenoxy) is 1. The highest BCUT2D eigenvalue weighted by Gasteiger charge is 2.34. The first-order valence-corrected chi connectivity index (χ1v) is 10.8. The van der Waals surface area contributed by atoms with Crippen LogP contribution in [-0.4, -0.2) is 10.5 Å². The Morgan fingerprint density at radius 2 is 1.66 bits per heavy atom. The standard InChI is InChI=1S/C27H22F4N2O2/c1-17-14-23(18(2)33(17)25-9-4-3-8-24(25)27(29,30)31)26(34)32-21-6-5-7-22(15-21)35-16-19-10-12-20(28)13-11-19/h3-15H,16H2,1-2H3,(H,32,34). The lowest BCUT2D eigenvalue weighted by Gasteiger charge is -2.17. The van der Waals surface area contributed by atoms with Gasteiger partial charge in [-0.15, -0.1) is 0 Å². The van der Waals surface area contributed by atoms with Crippen LogP contribution in [0, 0.1) is 19.7 Å². The van der Waals surface area contributed by atoms with Crippen LogP contribution >= 0.6 is 0 Å². The third-order valence-electron chi connectivity index (χ3n) is 5.54. The van der Waals surface area contributed by atoms with Crippen molar-refractivity contribution in [1.82, 2.24) is 4.57 Å². The summed E-state index contributed by atoms with van der Waals surface area (Å²) in [5, 5.41) is 2.78. The highest BCUT2D eigenvalue weighted by molar-refractivity contribution is 6.05. The molecule has 0 aliphatic carbocycles. The fraction of sp³-hybridized carbons (Fsp3) is 0.148. The third-order valence-corrected chi connectivity index (χ3v) is 5.54. The molecule has 4 rings (SSSR count). The number of aromatic nitrogens is 1. The average Bonchev–Trinajstić information content (AvgIpc) is 3.12. The molecular weight excluding hydrogens is 460 g/mol. The van der Waals surface area contributed by atoms with Gasteiger partial charge in [-0.1, -0.05) is 30.3 Å². The molecule has 0 unspecified atom stereocenters. The number of halogens is 4. The second-order valence-electron chi connectivity index (χ2n) is 8.03. The van der Waals surface area contributed by atoms with Crippen molar-refractivity contribution in [2.75, 3.05) is 5.32 Å². The number of aryl methyl sites for hydroxylation is 1. The van der Waals surface area contributed by atoms with Gasteiger partial charge in [0.15, 0.2) is 0 Å². The predicted octanol–water partition coefficient (Wildman–Crippen LogP) is 7.08. The van der Waals surface area contributed by atoms with Gasteiger partial charge >= 0.3 is 6.18 Å². The third kappa shape index (κ3) is 5.37. The molecule has 1 N–H and O–H groups in total. The molecule has 0 aliphatic heterocycles. The van der Waals surface area contributed by atoms with Crippen LogP contribution in [0.2, 0.25) is 0 Å². The lowest BCUT2D eigenvalue weighted by molar-refractivity contribution is -0.137. The molecule has 0 saturated carbocycles. The fourth-order valence-corrected chi connectivity index (χ4v) is 3.88. The number of hydrogen-bond acceptors (Lipinski definition) is 2. The molecule has 0 atom stereocenters. The van der Waals surface area contributed by atoms with Crippen molar-refractivity contribution < 1.29 is 27.1 Å². The molecular formula is C27H22F4N2O2. The van der Waals surface area contributed by atoms with Crippen LogP contribution in [0.15, 0.2) is 78.9 Å². The minimum absolute atomic E-state index is 0.0368. The molecule has 4 aromatic rings. The van der Waals surface area contributed by atoms with E-state index in [0.29, 0.717) is 22.8 Å². The fourth-order valence-electron chi connectivity index (χ4n) is 3.88. The summed E-state index contributed by atoms with van der Waals surface area (Å²) in [5.74, 6) is -0.291. The molecule has 0 radical (unpaired) electrons. The summed E-state index contributed by atoms with van der Waals surface area (Å²) in [5.41, 5.74) is 1.59. The van der Waals surface area contributed by atoms with Crippen LogP contribution in [0.1, 0.15) is 32.9 Å². The zero-order chi connectivity index (χ0) is 25.2. The van der Waals surface area contributed by atoms with Crippen molar-refractivity contribution in [2.24, 2.45) is 0 Å². The Kier molecular flexibility index (Phi) is 6.64. The zero-order valence-electron chi connectivity index (χ0n) is 19.0. The van der Waals surface area contributed by atoms with Crippen LogP contribution in [0.25, 0.3) is 5.69 Å². The van der Waals surface area contributed by atoms with Crippen molar-refractivity contribution in [3.05, 3.63) is 113 Å². The van der Waals surface area contributed by atoms with Crippen molar-refractivity contribution in [3.63, 3.8) is 0 Å². The number of amides is 1. The van der Waals surface area contributed by atoms with Gasteiger partial charge in [-0.2, -0.15) is 13.2 Å². The summed E-state index contributed by atoms with van der Waals surface area (Å²) in [6.45, 7) is 3.48. The van der Waals surface area contributed by atoms with E-state index in [0.717, 1.165) is 11.6 Å². The smallest absolute Gasteiger partial charge is 0.418 e. The molecule has 0 saturated heterocycles. The summed E-state index contributed by atoms with van der Waals surface area (Å²) in [4.78, 5) is 13.0. The minimum Gasteiger partial charge on any atom is -0.489 e. The molecule has 0 bridgehead atoms. The Morgan fingerprint density at radius 1 is 0.943 bits per heavy atom. The molecule has 8 heteroatoms. The molecule has 3 aromatic carbocycles. The van der Waals surface area contributed by atoms with Gasteiger partial charge in [0.1, 0.15) is 18.2 Å². The Labute approximate surface area is 199 Å². The Hall–Kier alpha value is -4.07. The normalized spacial score (nSPS) is 11.4. The quantitative estimate of drug-likeness (QED) is 0.298. The van der Waals surface area contributed by atoms with Crippen LogP contribution in [0.4, 0.5) is 23.2 Å². The van der Waals surface area contributed by atoms with Crippen LogP contribution < -0.4 is 10.1 Å². The van der Waals surface area contributed by atoms with E-state index in [1.54, 1.807) is 56.3 Å². The summed E-state index contributed by atoms with van der Waals surface area (Å²) >= 11 is 0. The molecule has 1 heterocycles. The van der Waals surface area contributed by atoms with E-state index < -0.39 is 17.6 Å². The van der Waals surface area contributed by atoms with E-state index in [-0.39, 0.29) is 23.7 Å². The first-order chi connectivity index (χ1) is 16.6. The largest absolute Gasteiger partial charge is 0.489 e. The molecule has 0 spiro atoms. The Bertz CT molecular complexity index is 1360. The van der Waals surface area contributed by atoms with E-state index in [1.807, 2.05) is 0 Å². The average molecular weight is 482 g/mol. The lowest BCUT2D eigenvalue weighted by Crippen LogP contribution is -2.15. The van der Waals surface area contributed by atoms with Gasteiger partial charge in [-0.3, -0.25) is 4.79 Å². The second-order valence-corrected chi connectivity index (χ2v) is 8.03. The summed E-state index contributed by atoms with van der Waals surface area (Å²) in [6, 6.07) is 19.5. The van der Waals surface area contributed by atoms with Gasteiger partial charge in [0, 0.05) is 23.1 Å². The molecule has 4 nitrogen and oxygen atoms in total. The highest BCUT2D eigenvalue weighted by Crippen LogP contribution is 2.35. The van der Waals surface area contributed by atoms with Crippen LogP contribution in [0.5, 0.6) is 5.75 Å². The number of rotatable bonds is 6. The number of nitrogens with one attached hydrogen (secondary N) is 1. The van der Waals surface area contributed by atoms with E-state index >= 15 is 0 Å². The number of alkyl halides is 3. The molecule has 0 fully saturated rings. The van der Waals surface area contributed by atoms with E-state index in [9.17, 15) is 22.4 Å². The topological polar surface area (TPSA) is 43.3 Å². The predicted molar refractivity (Wildman–Crippen MR) is 125 cm³/mol. The first-order valence-electron chi connectivity index (χ1n) is 10.8.